The van der Waals surface area contributed by atoms with Crippen molar-refractivity contribution in [3.63, 3.8) is 0 Å². The van der Waals surface area contributed by atoms with Crippen molar-refractivity contribution in [3.05, 3.63) is 66.5 Å². The number of methoxy groups -OCH3 is 1. The highest BCUT2D eigenvalue weighted by atomic mass is 16.6. The Hall–Kier alpha value is -4.06. The van der Waals surface area contributed by atoms with Crippen molar-refractivity contribution in [1.82, 2.24) is 25.1 Å². The highest BCUT2D eigenvalue weighted by molar-refractivity contribution is 5.65. The van der Waals surface area contributed by atoms with E-state index in [2.05, 4.69) is 52.8 Å². The molecule has 1 atom stereocenters. The predicted molar refractivity (Wildman–Crippen MR) is 132 cm³/mol. The molecule has 2 aromatic carbocycles. The van der Waals surface area contributed by atoms with Crippen LogP contribution in [0.5, 0.6) is 0 Å². The first-order valence-electron chi connectivity index (χ1n) is 11.2. The second kappa shape index (κ2) is 10.5. The number of ether oxygens (including phenoxy) is 2. The molecule has 1 unspecified atom stereocenters. The summed E-state index contributed by atoms with van der Waals surface area (Å²) < 4.78 is 10.3. The van der Waals surface area contributed by atoms with Gasteiger partial charge in [-0.1, -0.05) is 24.3 Å². The summed E-state index contributed by atoms with van der Waals surface area (Å²) >= 11 is 0. The Morgan fingerprint density at radius 3 is 2.43 bits per heavy atom. The van der Waals surface area contributed by atoms with E-state index in [4.69, 9.17) is 9.47 Å². The fraction of sp³-hybridized carbons (Fsp3) is 0.250. The normalized spacial score (nSPS) is 14.5. The molecule has 0 bridgehead atoms. The van der Waals surface area contributed by atoms with Crippen LogP contribution in [0, 0.1) is 0 Å². The van der Waals surface area contributed by atoms with Gasteiger partial charge in [0.2, 0.25) is 11.9 Å². The first kappa shape index (κ1) is 22.7. The Morgan fingerprint density at radius 1 is 1.00 bits per heavy atom. The van der Waals surface area contributed by atoms with E-state index in [1.165, 1.54) is 13.4 Å². The lowest BCUT2D eigenvalue weighted by molar-refractivity contribution is -0.0769. The minimum Gasteiger partial charge on any atom is -0.378 e. The zero-order valence-corrected chi connectivity index (χ0v) is 19.2. The van der Waals surface area contributed by atoms with E-state index >= 15 is 0 Å². The van der Waals surface area contributed by atoms with E-state index in [1.54, 1.807) is 12.1 Å². The van der Waals surface area contributed by atoms with Gasteiger partial charge in [-0.15, -0.1) is 0 Å². The summed E-state index contributed by atoms with van der Waals surface area (Å²) in [6, 6.07) is 17.3. The molecule has 11 nitrogen and oxygen atoms in total. The molecule has 11 heteroatoms. The number of hydrogen-bond acceptors (Lipinski definition) is 10. The standard InChI is InChI=1S/C24H26N8O3/c1-34-22(33)17-4-2-16(3-5-17)20-14-21(31-30-20)28-24-26-15-25-23(29-24)27-18-6-8-19(9-7-18)32-10-12-35-13-11-32/h2-9,14-15,22,33H,10-13H2,1H3,(H3,25,26,27,28,29,30,31). The van der Waals surface area contributed by atoms with Gasteiger partial charge in [0, 0.05) is 43.2 Å². The Morgan fingerprint density at radius 2 is 1.71 bits per heavy atom. The average molecular weight is 475 g/mol. The second-order valence-corrected chi connectivity index (χ2v) is 7.91. The minimum absolute atomic E-state index is 0.365. The lowest BCUT2D eigenvalue weighted by Gasteiger charge is -2.28. The van der Waals surface area contributed by atoms with Crippen LogP contribution in [0.1, 0.15) is 11.9 Å². The predicted octanol–water partition coefficient (Wildman–Crippen LogP) is 3.22. The van der Waals surface area contributed by atoms with Crippen molar-refractivity contribution in [3.8, 4) is 11.3 Å². The van der Waals surface area contributed by atoms with Gasteiger partial charge in [-0.3, -0.25) is 5.10 Å². The lowest BCUT2D eigenvalue weighted by Crippen LogP contribution is -2.36. The molecule has 0 spiro atoms. The number of aliphatic hydroxyl groups excluding tert-OH is 1. The Labute approximate surface area is 202 Å². The van der Waals surface area contributed by atoms with E-state index in [-0.39, 0.29) is 0 Å². The second-order valence-electron chi connectivity index (χ2n) is 7.91. The molecule has 0 saturated carbocycles. The van der Waals surface area contributed by atoms with Crippen LogP contribution in [0.2, 0.25) is 0 Å². The van der Waals surface area contributed by atoms with Crippen molar-refractivity contribution < 1.29 is 14.6 Å². The van der Waals surface area contributed by atoms with E-state index < -0.39 is 6.29 Å². The van der Waals surface area contributed by atoms with Crippen LogP contribution in [-0.4, -0.2) is 63.7 Å². The molecule has 4 N–H and O–H groups in total. The van der Waals surface area contributed by atoms with Gasteiger partial charge in [0.25, 0.3) is 0 Å². The molecule has 180 valence electrons. The zero-order chi connectivity index (χ0) is 24.0. The molecule has 1 fully saturated rings. The average Bonchev–Trinajstić information content (AvgIpc) is 3.38. The van der Waals surface area contributed by atoms with Gasteiger partial charge in [-0.25, -0.2) is 9.97 Å². The maximum absolute atomic E-state index is 9.76. The number of rotatable bonds is 8. The summed E-state index contributed by atoms with van der Waals surface area (Å²) in [5, 5.41) is 23.3. The highest BCUT2D eigenvalue weighted by Gasteiger charge is 2.12. The first-order chi connectivity index (χ1) is 17.2. The van der Waals surface area contributed by atoms with Crippen LogP contribution in [0.15, 0.2) is 60.9 Å². The quantitative estimate of drug-likeness (QED) is 0.282. The molecule has 1 aliphatic rings. The van der Waals surface area contributed by atoms with Crippen molar-refractivity contribution in [2.75, 3.05) is 48.9 Å². The fourth-order valence-electron chi connectivity index (χ4n) is 3.73. The molecule has 0 amide bonds. The topological polar surface area (TPSA) is 133 Å². The number of benzene rings is 2. The lowest BCUT2D eigenvalue weighted by atomic mass is 10.1. The molecule has 2 aromatic heterocycles. The monoisotopic (exact) mass is 474 g/mol. The van der Waals surface area contributed by atoms with Gasteiger partial charge in [-0.05, 0) is 29.8 Å². The van der Waals surface area contributed by atoms with Gasteiger partial charge in [-0.2, -0.15) is 10.1 Å². The van der Waals surface area contributed by atoms with Crippen molar-refractivity contribution in [1.29, 1.82) is 0 Å². The van der Waals surface area contributed by atoms with Crippen LogP contribution >= 0.6 is 0 Å². The highest BCUT2D eigenvalue weighted by Crippen LogP contribution is 2.24. The number of morpholine rings is 1. The molecule has 5 rings (SSSR count). The summed E-state index contributed by atoms with van der Waals surface area (Å²) in [5.74, 6) is 1.35. The van der Waals surface area contributed by atoms with Gasteiger partial charge < -0.3 is 30.1 Å². The van der Waals surface area contributed by atoms with Gasteiger partial charge in [0.15, 0.2) is 12.1 Å². The maximum atomic E-state index is 9.76. The van der Waals surface area contributed by atoms with E-state index in [9.17, 15) is 5.11 Å². The van der Waals surface area contributed by atoms with E-state index in [1.807, 2.05) is 30.3 Å². The summed E-state index contributed by atoms with van der Waals surface area (Å²) in [4.78, 5) is 15.1. The molecule has 0 aliphatic carbocycles. The van der Waals surface area contributed by atoms with Crippen molar-refractivity contribution in [2.45, 2.75) is 6.29 Å². The number of anilines is 5. The van der Waals surface area contributed by atoms with Gasteiger partial charge in [0.1, 0.15) is 6.33 Å². The third-order valence-electron chi connectivity index (χ3n) is 5.62. The smallest absolute Gasteiger partial charge is 0.233 e. The summed E-state index contributed by atoms with van der Waals surface area (Å²) in [7, 11) is 1.45. The largest absolute Gasteiger partial charge is 0.378 e. The molecular formula is C24H26N8O3. The third-order valence-corrected chi connectivity index (χ3v) is 5.62. The number of H-pyrrole nitrogens is 1. The van der Waals surface area contributed by atoms with Crippen molar-refractivity contribution >= 4 is 29.1 Å². The third kappa shape index (κ3) is 5.54. The number of nitrogens with one attached hydrogen (secondary N) is 3. The molecule has 35 heavy (non-hydrogen) atoms. The van der Waals surface area contributed by atoms with Crippen LogP contribution in [-0.2, 0) is 9.47 Å². The fourth-order valence-corrected chi connectivity index (χ4v) is 3.73. The number of nitrogens with zero attached hydrogens (tertiary/aromatic N) is 5. The SMILES string of the molecule is COC(O)c1ccc(-c2cc(Nc3ncnc(Nc4ccc(N5CCOCC5)cc4)n3)n[nH]2)cc1. The molecule has 1 saturated heterocycles. The van der Waals surface area contributed by atoms with E-state index in [0.29, 0.717) is 23.3 Å². The minimum atomic E-state index is -0.947. The number of aromatic amines is 1. The Balaban J connectivity index is 1.22. The number of hydrogen-bond donors (Lipinski definition) is 4. The molecule has 4 aromatic rings. The van der Waals surface area contributed by atoms with Crippen molar-refractivity contribution in [2.24, 2.45) is 0 Å². The van der Waals surface area contributed by atoms with Gasteiger partial charge >= 0.3 is 0 Å². The maximum Gasteiger partial charge on any atom is 0.233 e. The van der Waals surface area contributed by atoms with E-state index in [0.717, 1.165) is 48.9 Å². The summed E-state index contributed by atoms with van der Waals surface area (Å²) in [5.41, 5.74) is 4.43. The number of aromatic nitrogens is 5. The van der Waals surface area contributed by atoms with Crippen LogP contribution in [0.3, 0.4) is 0 Å². The zero-order valence-electron chi connectivity index (χ0n) is 19.2. The first-order valence-corrected chi connectivity index (χ1v) is 11.2. The molecule has 1 aliphatic heterocycles. The summed E-state index contributed by atoms with van der Waals surface area (Å²) in [6.45, 7) is 3.30. The van der Waals surface area contributed by atoms with Crippen LogP contribution in [0.25, 0.3) is 11.3 Å². The van der Waals surface area contributed by atoms with Crippen LogP contribution in [0.4, 0.5) is 29.1 Å². The number of aliphatic hydroxyl groups is 1. The molecule has 3 heterocycles. The Bertz CT molecular complexity index is 1240. The Kier molecular flexibility index (Phi) is 6.80. The molecular weight excluding hydrogens is 448 g/mol. The summed E-state index contributed by atoms with van der Waals surface area (Å²) in [6.07, 6.45) is 0.491. The molecule has 0 radical (unpaired) electrons. The van der Waals surface area contributed by atoms with Crippen LogP contribution < -0.4 is 15.5 Å². The van der Waals surface area contributed by atoms with Gasteiger partial charge in [0.05, 0.1) is 18.9 Å².